The van der Waals surface area contributed by atoms with Gasteiger partial charge in [0.1, 0.15) is 19.3 Å². The number of carbonyl (C=O) groups excluding carboxylic acids is 4. The number of phosphoric acid groups is 2. The third-order valence-corrected chi connectivity index (χ3v) is 17.5. The molecule has 19 heteroatoms. The zero-order chi connectivity index (χ0) is 73.2. The highest BCUT2D eigenvalue weighted by molar-refractivity contribution is 7.47. The molecule has 100 heavy (non-hydrogen) atoms. The van der Waals surface area contributed by atoms with Crippen molar-refractivity contribution >= 4 is 39.5 Å². The molecule has 0 spiro atoms. The van der Waals surface area contributed by atoms with E-state index in [2.05, 4.69) is 161 Å². The van der Waals surface area contributed by atoms with Crippen LogP contribution in [0.3, 0.4) is 0 Å². The minimum atomic E-state index is -4.99. The van der Waals surface area contributed by atoms with E-state index in [1.165, 1.54) is 38.5 Å². The van der Waals surface area contributed by atoms with Gasteiger partial charge in [0, 0.05) is 25.7 Å². The number of esters is 4. The third kappa shape index (κ3) is 71.6. The molecule has 0 fully saturated rings. The molecule has 5 atom stereocenters. The SMILES string of the molecule is CC/C=C\C/C=C\C/C=C\C/C=C\C/C=C\CCCCCC(=O)OCC(COP(=O)(O)OCC(O)COP(=O)(O)OCC(COC(=O)CCCCCC/C=C\C/C=C\C/C=C\C/C=C\CC)OC(=O)CCCCCCCCCCCCC)OC(=O)CCCCCCC/C=C\C/C=C\CCC. The molecule has 0 aliphatic carbocycles. The van der Waals surface area contributed by atoms with E-state index >= 15 is 0 Å². The number of aliphatic hydroxyl groups excluding tert-OH is 1. The Bertz CT molecular complexity index is 2420. The number of ether oxygens (including phenoxy) is 4. The third-order valence-electron chi connectivity index (χ3n) is 15.6. The van der Waals surface area contributed by atoms with Crippen LogP contribution in [-0.4, -0.2) is 96.7 Å². The van der Waals surface area contributed by atoms with Crippen LogP contribution in [-0.2, 0) is 65.4 Å². The summed E-state index contributed by atoms with van der Waals surface area (Å²) in [6.07, 6.45) is 80.2. The van der Waals surface area contributed by atoms with E-state index in [1.807, 2.05) is 0 Å². The van der Waals surface area contributed by atoms with Crippen LogP contribution in [0.2, 0.25) is 0 Å². The summed E-state index contributed by atoms with van der Waals surface area (Å²) in [6, 6.07) is 0. The number of phosphoric ester groups is 2. The zero-order valence-electron chi connectivity index (χ0n) is 62.3. The molecule has 0 aliphatic rings. The van der Waals surface area contributed by atoms with Gasteiger partial charge >= 0.3 is 39.5 Å². The molecule has 0 saturated carbocycles. The van der Waals surface area contributed by atoms with E-state index in [1.54, 1.807) is 0 Å². The Morgan fingerprint density at radius 1 is 0.290 bits per heavy atom. The van der Waals surface area contributed by atoms with Gasteiger partial charge in [-0.25, -0.2) is 9.13 Å². The Hall–Kier alpha value is -4.80. The lowest BCUT2D eigenvalue weighted by Crippen LogP contribution is -2.30. The largest absolute Gasteiger partial charge is 0.472 e. The Morgan fingerprint density at radius 3 is 0.850 bits per heavy atom. The Morgan fingerprint density at radius 2 is 0.540 bits per heavy atom. The molecule has 5 unspecified atom stereocenters. The Labute approximate surface area is 605 Å². The number of unbranched alkanes of at least 4 members (excludes halogenated alkanes) is 23. The van der Waals surface area contributed by atoms with Crippen LogP contribution in [0.15, 0.2) is 134 Å². The van der Waals surface area contributed by atoms with Crippen LogP contribution in [0.1, 0.15) is 297 Å². The summed E-state index contributed by atoms with van der Waals surface area (Å²) in [6.45, 7) is 4.49. The standard InChI is InChI=1S/C81H136O17P2/c1-5-9-13-17-21-25-29-32-34-36-37-39-41-44-47-50-54-58-62-66-79(84)92-72-77(98-81(86)68-64-60-56-52-48-42-31-27-23-19-15-11-7-3)74-96-100(89,90)94-70-75(82)69-93-99(87,88)95-73-76(97-80(85)67-63-59-55-51-45-28-24-20-16-12-8-4)71-91-78(83)65-61-57-53-49-46-43-40-38-35-33-30-26-22-18-14-10-6-2/h9-10,13-15,19,21-22,25-27,31-35,37,39-40,43-44,47,75-77,82H,5-8,11-12,16-18,20,23-24,28-30,36,38,41-42,45-46,48-74H2,1-4H3,(H,87,88)(H,89,90)/b13-9-,14-10-,19-15-,25-21-,26-22-,31-27-,34-32-,35-33-,39-37-,43-40-,47-44-. The van der Waals surface area contributed by atoms with Gasteiger partial charge in [0.25, 0.3) is 0 Å². The summed E-state index contributed by atoms with van der Waals surface area (Å²) >= 11 is 0. The first kappa shape index (κ1) is 95.2. The second-order valence-electron chi connectivity index (χ2n) is 25.2. The predicted molar refractivity (Wildman–Crippen MR) is 408 cm³/mol. The second-order valence-corrected chi connectivity index (χ2v) is 28.1. The van der Waals surface area contributed by atoms with Crippen molar-refractivity contribution < 1.29 is 80.2 Å². The molecule has 0 radical (unpaired) electrons. The summed E-state index contributed by atoms with van der Waals surface area (Å²) in [5.74, 6) is -2.25. The van der Waals surface area contributed by atoms with Gasteiger partial charge in [0.05, 0.1) is 26.4 Å². The van der Waals surface area contributed by atoms with Crippen molar-refractivity contribution in [3.8, 4) is 0 Å². The fourth-order valence-corrected chi connectivity index (χ4v) is 11.4. The maximum Gasteiger partial charge on any atom is 0.472 e. The summed E-state index contributed by atoms with van der Waals surface area (Å²) in [5.41, 5.74) is 0. The van der Waals surface area contributed by atoms with Gasteiger partial charge < -0.3 is 33.8 Å². The Kier molecular flexibility index (Phi) is 69.1. The van der Waals surface area contributed by atoms with E-state index in [0.29, 0.717) is 25.7 Å². The van der Waals surface area contributed by atoms with Crippen LogP contribution in [0.4, 0.5) is 0 Å². The van der Waals surface area contributed by atoms with Crippen molar-refractivity contribution in [2.24, 2.45) is 0 Å². The van der Waals surface area contributed by atoms with Gasteiger partial charge in [-0.1, -0.05) is 271 Å². The maximum absolute atomic E-state index is 13.1. The molecular weight excluding hydrogens is 1310 g/mol. The summed E-state index contributed by atoms with van der Waals surface area (Å²) in [7, 11) is -9.97. The number of hydrogen-bond donors (Lipinski definition) is 3. The molecule has 0 saturated heterocycles. The summed E-state index contributed by atoms with van der Waals surface area (Å²) in [5, 5.41) is 10.6. The van der Waals surface area contributed by atoms with E-state index in [4.69, 9.17) is 37.0 Å². The molecule has 0 aromatic rings. The van der Waals surface area contributed by atoms with Crippen LogP contribution < -0.4 is 0 Å². The molecule has 0 aromatic heterocycles. The highest BCUT2D eigenvalue weighted by atomic mass is 31.2. The molecule has 572 valence electrons. The van der Waals surface area contributed by atoms with Crippen molar-refractivity contribution in [2.45, 2.75) is 316 Å². The minimum absolute atomic E-state index is 0.0677. The summed E-state index contributed by atoms with van der Waals surface area (Å²) < 4.78 is 68.4. The fraction of sp³-hybridized carbons (Fsp3) is 0.679. The number of rotatable bonds is 71. The molecule has 0 heterocycles. The number of carbonyl (C=O) groups is 4. The van der Waals surface area contributed by atoms with Crippen molar-refractivity contribution in [3.05, 3.63) is 134 Å². The lowest BCUT2D eigenvalue weighted by atomic mass is 10.1. The topological polar surface area (TPSA) is 237 Å². The molecule has 0 rings (SSSR count). The van der Waals surface area contributed by atoms with E-state index < -0.39 is 97.5 Å². The molecule has 0 aliphatic heterocycles. The average Bonchev–Trinajstić information content (AvgIpc) is 0.940. The van der Waals surface area contributed by atoms with Gasteiger partial charge in [0.15, 0.2) is 12.2 Å². The average molecular weight is 1440 g/mol. The monoisotopic (exact) mass is 1440 g/mol. The fourth-order valence-electron chi connectivity index (χ4n) is 9.80. The first-order valence-electron chi connectivity index (χ1n) is 38.4. The summed E-state index contributed by atoms with van der Waals surface area (Å²) in [4.78, 5) is 72.8. The maximum atomic E-state index is 13.1. The van der Waals surface area contributed by atoms with Crippen molar-refractivity contribution in [3.63, 3.8) is 0 Å². The minimum Gasteiger partial charge on any atom is -0.462 e. The predicted octanol–water partition coefficient (Wildman–Crippen LogP) is 22.1. The van der Waals surface area contributed by atoms with Gasteiger partial charge in [-0.15, -0.1) is 0 Å². The van der Waals surface area contributed by atoms with Gasteiger partial charge in [-0.05, 0) is 135 Å². The van der Waals surface area contributed by atoms with Crippen molar-refractivity contribution in [1.82, 2.24) is 0 Å². The molecule has 0 amide bonds. The smallest absolute Gasteiger partial charge is 0.462 e. The van der Waals surface area contributed by atoms with Gasteiger partial charge in [-0.2, -0.15) is 0 Å². The quantitative estimate of drug-likeness (QED) is 0.0169. The lowest BCUT2D eigenvalue weighted by molar-refractivity contribution is -0.161. The van der Waals surface area contributed by atoms with E-state index in [9.17, 15) is 43.2 Å². The highest BCUT2D eigenvalue weighted by Crippen LogP contribution is 2.45. The van der Waals surface area contributed by atoms with Crippen LogP contribution in [0.5, 0.6) is 0 Å². The highest BCUT2D eigenvalue weighted by Gasteiger charge is 2.30. The molecule has 3 N–H and O–H groups in total. The van der Waals surface area contributed by atoms with Crippen molar-refractivity contribution in [1.29, 1.82) is 0 Å². The molecule has 17 nitrogen and oxygen atoms in total. The number of allylic oxidation sites excluding steroid dienone is 22. The van der Waals surface area contributed by atoms with Crippen LogP contribution in [0, 0.1) is 0 Å². The van der Waals surface area contributed by atoms with Crippen molar-refractivity contribution in [2.75, 3.05) is 39.6 Å². The molecule has 0 bridgehead atoms. The molecular formula is C81H136O17P2. The van der Waals surface area contributed by atoms with E-state index in [-0.39, 0.29) is 25.7 Å². The second kappa shape index (κ2) is 72.5. The molecule has 0 aromatic carbocycles. The first-order valence-corrected chi connectivity index (χ1v) is 41.4. The first-order chi connectivity index (χ1) is 48.7. The normalized spacial score (nSPS) is 14.7. The number of hydrogen-bond acceptors (Lipinski definition) is 15. The van der Waals surface area contributed by atoms with Crippen LogP contribution >= 0.6 is 15.6 Å². The van der Waals surface area contributed by atoms with Gasteiger partial charge in [0.2, 0.25) is 0 Å². The Balaban J connectivity index is 5.37. The van der Waals surface area contributed by atoms with Crippen LogP contribution in [0.25, 0.3) is 0 Å². The zero-order valence-corrected chi connectivity index (χ0v) is 64.1. The lowest BCUT2D eigenvalue weighted by Gasteiger charge is -2.21. The number of aliphatic hydroxyl groups is 1. The van der Waals surface area contributed by atoms with E-state index in [0.717, 1.165) is 180 Å². The van der Waals surface area contributed by atoms with Gasteiger partial charge in [-0.3, -0.25) is 37.3 Å².